The number of H-pyrrole nitrogens is 1. The predicted octanol–water partition coefficient (Wildman–Crippen LogP) is 4.50. The molecular formula is C22H23ClN2O3. The number of fused-ring (bicyclic) bond motifs is 1. The Morgan fingerprint density at radius 1 is 1.11 bits per heavy atom. The number of halogens is 1. The largest absolute Gasteiger partial charge is 0.458 e. The lowest BCUT2D eigenvalue weighted by molar-refractivity contribution is -0.157. The number of benzene rings is 2. The molecule has 28 heavy (non-hydrogen) atoms. The average molecular weight is 399 g/mol. The highest BCUT2D eigenvalue weighted by molar-refractivity contribution is 6.31. The van der Waals surface area contributed by atoms with E-state index in [1.165, 1.54) is 0 Å². The van der Waals surface area contributed by atoms with Crippen molar-refractivity contribution >= 4 is 34.4 Å². The molecule has 1 aromatic heterocycles. The minimum Gasteiger partial charge on any atom is -0.458 e. The third-order valence-electron chi connectivity index (χ3n) is 4.11. The number of carbonyl (C=O) groups excluding carboxylic acids is 2. The van der Waals surface area contributed by atoms with Crippen LogP contribution in [0.4, 0.5) is 0 Å². The summed E-state index contributed by atoms with van der Waals surface area (Å²) < 4.78 is 5.50. The fourth-order valence-corrected chi connectivity index (χ4v) is 3.06. The first kappa shape index (κ1) is 20.0. The number of ether oxygens (including phenoxy) is 1. The van der Waals surface area contributed by atoms with Crippen LogP contribution in [0.3, 0.4) is 0 Å². The Labute approximate surface area is 169 Å². The molecule has 0 saturated heterocycles. The highest BCUT2D eigenvalue weighted by Crippen LogP contribution is 2.20. The van der Waals surface area contributed by atoms with Crippen LogP contribution in [0.1, 0.15) is 36.8 Å². The highest BCUT2D eigenvalue weighted by Gasteiger charge is 2.27. The van der Waals surface area contributed by atoms with Crippen LogP contribution in [0.2, 0.25) is 5.02 Å². The number of nitrogens with one attached hydrogen (secondary N) is 2. The summed E-state index contributed by atoms with van der Waals surface area (Å²) in [5, 5.41) is 4.22. The Bertz CT molecular complexity index is 990. The summed E-state index contributed by atoms with van der Waals surface area (Å²) in [7, 11) is 0. The molecule has 3 rings (SSSR count). The summed E-state index contributed by atoms with van der Waals surface area (Å²) in [6.45, 7) is 5.40. The van der Waals surface area contributed by atoms with Crippen LogP contribution >= 0.6 is 11.6 Å². The van der Waals surface area contributed by atoms with E-state index in [0.717, 1.165) is 16.5 Å². The minimum absolute atomic E-state index is 0.341. The maximum Gasteiger partial charge on any atom is 0.329 e. The number of rotatable bonds is 5. The molecule has 1 heterocycles. The van der Waals surface area contributed by atoms with E-state index in [0.29, 0.717) is 17.1 Å². The van der Waals surface area contributed by atoms with E-state index in [-0.39, 0.29) is 5.91 Å². The number of aromatic nitrogens is 1. The number of esters is 1. The van der Waals surface area contributed by atoms with Crippen LogP contribution < -0.4 is 5.32 Å². The van der Waals surface area contributed by atoms with Crippen LogP contribution in [0.15, 0.2) is 54.6 Å². The van der Waals surface area contributed by atoms with E-state index in [2.05, 4.69) is 10.3 Å². The third kappa shape index (κ3) is 5.14. The van der Waals surface area contributed by atoms with Crippen LogP contribution in [0.5, 0.6) is 0 Å². The van der Waals surface area contributed by atoms with Crippen molar-refractivity contribution in [1.29, 1.82) is 0 Å². The first-order chi connectivity index (χ1) is 13.2. The zero-order valence-corrected chi connectivity index (χ0v) is 16.8. The lowest BCUT2D eigenvalue weighted by atomic mass is 10.1. The summed E-state index contributed by atoms with van der Waals surface area (Å²) in [5.41, 5.74) is 1.45. The predicted molar refractivity (Wildman–Crippen MR) is 111 cm³/mol. The van der Waals surface area contributed by atoms with Gasteiger partial charge in [-0.15, -0.1) is 0 Å². The molecule has 1 atom stereocenters. The van der Waals surface area contributed by atoms with Gasteiger partial charge in [0, 0.05) is 22.3 Å². The van der Waals surface area contributed by atoms with Gasteiger partial charge in [-0.25, -0.2) is 4.79 Å². The smallest absolute Gasteiger partial charge is 0.329 e. The first-order valence-electron chi connectivity index (χ1n) is 9.07. The molecule has 0 saturated carbocycles. The van der Waals surface area contributed by atoms with Crippen molar-refractivity contribution in [2.45, 2.75) is 38.8 Å². The van der Waals surface area contributed by atoms with Crippen molar-refractivity contribution in [3.8, 4) is 0 Å². The van der Waals surface area contributed by atoms with Crippen LogP contribution in [0.25, 0.3) is 10.9 Å². The summed E-state index contributed by atoms with van der Waals surface area (Å²) in [6, 6.07) is 15.8. The van der Waals surface area contributed by atoms with E-state index in [1.807, 2.05) is 36.4 Å². The summed E-state index contributed by atoms with van der Waals surface area (Å²) in [4.78, 5) is 28.5. The van der Waals surface area contributed by atoms with Crippen molar-refractivity contribution in [2.24, 2.45) is 0 Å². The lowest BCUT2D eigenvalue weighted by Crippen LogP contribution is -2.45. The topological polar surface area (TPSA) is 71.2 Å². The second kappa shape index (κ2) is 8.07. The number of carbonyl (C=O) groups is 2. The first-order valence-corrected chi connectivity index (χ1v) is 9.45. The van der Waals surface area contributed by atoms with E-state index < -0.39 is 17.6 Å². The molecule has 2 N–H and O–H groups in total. The van der Waals surface area contributed by atoms with Gasteiger partial charge in [0.1, 0.15) is 17.3 Å². The van der Waals surface area contributed by atoms with Gasteiger partial charge < -0.3 is 15.0 Å². The second-order valence-electron chi connectivity index (χ2n) is 7.66. The normalized spacial score (nSPS) is 12.6. The van der Waals surface area contributed by atoms with Gasteiger partial charge in [0.05, 0.1) is 0 Å². The van der Waals surface area contributed by atoms with E-state index in [9.17, 15) is 9.59 Å². The standard InChI is InChI=1S/C22H23ClN2O3/c1-22(2,3)28-21(27)19(11-14-7-5-4-6-8-14)25-20(26)18-13-15-12-16(23)9-10-17(15)24-18/h4-10,12-13,19,24H,11H2,1-3H3,(H,25,26)/t19-/m0/s1. The molecule has 0 aliphatic rings. The van der Waals surface area contributed by atoms with Gasteiger partial charge in [0.2, 0.25) is 0 Å². The van der Waals surface area contributed by atoms with Gasteiger partial charge in [0.15, 0.2) is 0 Å². The monoisotopic (exact) mass is 398 g/mol. The molecule has 5 nitrogen and oxygen atoms in total. The van der Waals surface area contributed by atoms with E-state index >= 15 is 0 Å². The van der Waals surface area contributed by atoms with Crippen molar-refractivity contribution < 1.29 is 14.3 Å². The molecule has 146 valence electrons. The number of amides is 1. The molecule has 6 heteroatoms. The van der Waals surface area contributed by atoms with Crippen LogP contribution in [-0.2, 0) is 16.0 Å². The maximum absolute atomic E-state index is 12.8. The Morgan fingerprint density at radius 3 is 2.50 bits per heavy atom. The van der Waals surface area contributed by atoms with Gasteiger partial charge in [-0.3, -0.25) is 4.79 Å². The molecule has 0 unspecified atom stereocenters. The molecule has 2 aromatic carbocycles. The van der Waals surface area contributed by atoms with Crippen molar-refractivity contribution in [1.82, 2.24) is 10.3 Å². The fourth-order valence-electron chi connectivity index (χ4n) is 2.88. The SMILES string of the molecule is CC(C)(C)OC(=O)[C@H](Cc1ccccc1)NC(=O)c1cc2cc(Cl)ccc2[nH]1. The Hall–Kier alpha value is -2.79. The number of aromatic amines is 1. The summed E-state index contributed by atoms with van der Waals surface area (Å²) in [5.74, 6) is -0.844. The fraction of sp³-hybridized carbons (Fsp3) is 0.273. The maximum atomic E-state index is 12.8. The highest BCUT2D eigenvalue weighted by atomic mass is 35.5. The molecule has 1 amide bonds. The van der Waals surface area contributed by atoms with Gasteiger partial charge >= 0.3 is 5.97 Å². The van der Waals surface area contributed by atoms with Gasteiger partial charge in [-0.1, -0.05) is 41.9 Å². The molecule has 3 aromatic rings. The molecule has 0 aliphatic heterocycles. The molecule has 0 radical (unpaired) electrons. The van der Waals surface area contributed by atoms with E-state index in [4.69, 9.17) is 16.3 Å². The third-order valence-corrected chi connectivity index (χ3v) is 4.34. The molecule has 0 bridgehead atoms. The zero-order valence-electron chi connectivity index (χ0n) is 16.1. The Kier molecular flexibility index (Phi) is 5.75. The van der Waals surface area contributed by atoms with Crippen molar-refractivity contribution in [3.63, 3.8) is 0 Å². The van der Waals surface area contributed by atoms with Crippen LogP contribution in [0, 0.1) is 0 Å². The molecule has 0 aliphatic carbocycles. The minimum atomic E-state index is -0.802. The van der Waals surface area contributed by atoms with Crippen molar-refractivity contribution in [2.75, 3.05) is 0 Å². The second-order valence-corrected chi connectivity index (χ2v) is 8.10. The summed E-state index contributed by atoms with van der Waals surface area (Å²) in [6.07, 6.45) is 0.341. The number of hydrogen-bond acceptors (Lipinski definition) is 3. The summed E-state index contributed by atoms with van der Waals surface area (Å²) >= 11 is 6.01. The van der Waals surface area contributed by atoms with Gasteiger partial charge in [0.25, 0.3) is 5.91 Å². The van der Waals surface area contributed by atoms with Crippen LogP contribution in [-0.4, -0.2) is 28.5 Å². The lowest BCUT2D eigenvalue weighted by Gasteiger charge is -2.24. The van der Waals surface area contributed by atoms with E-state index in [1.54, 1.807) is 39.0 Å². The average Bonchev–Trinajstić information content (AvgIpc) is 3.04. The zero-order chi connectivity index (χ0) is 20.3. The van der Waals surface area contributed by atoms with Gasteiger partial charge in [-0.2, -0.15) is 0 Å². The van der Waals surface area contributed by atoms with Gasteiger partial charge in [-0.05, 0) is 50.6 Å². The number of hydrogen-bond donors (Lipinski definition) is 2. The molecule has 0 fully saturated rings. The Morgan fingerprint density at radius 2 is 1.82 bits per heavy atom. The molecular weight excluding hydrogens is 376 g/mol. The quantitative estimate of drug-likeness (QED) is 0.621. The van der Waals surface area contributed by atoms with Crippen molar-refractivity contribution in [3.05, 3.63) is 70.9 Å². The molecule has 0 spiro atoms. The Balaban J connectivity index is 1.82.